The fourth-order valence-corrected chi connectivity index (χ4v) is 13.9. The number of benzene rings is 4. The first-order valence-electron chi connectivity index (χ1n) is 22.7. The Hall–Kier alpha value is -5.27. The number of aromatic nitrogens is 2. The molecule has 15 nitrogen and oxygen atoms in total. The maximum absolute atomic E-state index is 14.3. The van der Waals surface area contributed by atoms with Gasteiger partial charge in [0.25, 0.3) is 0 Å². The highest BCUT2D eigenvalue weighted by Gasteiger charge is 2.49. The van der Waals surface area contributed by atoms with E-state index in [1.165, 1.54) is 8.61 Å². The number of β-amino-alcohol motifs (C(OH)–C–C–N with tert-alkyl or cyclic N) is 2. The molecule has 0 spiro atoms. The summed E-state index contributed by atoms with van der Waals surface area (Å²) in [4.78, 5) is 27.1. The zero-order chi connectivity index (χ0) is 44.4. The third-order valence-electron chi connectivity index (χ3n) is 14.6. The molecule has 5 atom stereocenters. The lowest BCUT2D eigenvalue weighted by Gasteiger charge is -2.41. The largest absolute Gasteiger partial charge is 0.391 e. The number of likely N-dealkylation sites (tertiary alicyclic amines) is 1. The molecule has 0 aliphatic carbocycles. The molecular formula is C48H51N7O8S2. The van der Waals surface area contributed by atoms with Crippen LogP contribution in [0.2, 0.25) is 0 Å². The number of H-pyrrole nitrogens is 2. The molecular weight excluding hydrogens is 867 g/mol. The number of aliphatic hydroxyl groups is 2. The lowest BCUT2D eigenvalue weighted by atomic mass is 10.0. The first-order valence-corrected chi connectivity index (χ1v) is 25.6. The van der Waals surface area contributed by atoms with Gasteiger partial charge in [0.1, 0.15) is 6.04 Å². The summed E-state index contributed by atoms with van der Waals surface area (Å²) in [6.45, 7) is 4.53. The number of amides is 1. The topological polar surface area (TPSA) is 183 Å². The van der Waals surface area contributed by atoms with Crippen LogP contribution < -0.4 is 9.80 Å². The number of sulfonamides is 2. The van der Waals surface area contributed by atoms with Crippen molar-refractivity contribution in [1.82, 2.24) is 23.5 Å². The summed E-state index contributed by atoms with van der Waals surface area (Å²) in [7, 11) is -7.65. The molecule has 6 aliphatic rings. The zero-order valence-electron chi connectivity index (χ0n) is 35.8. The Bertz CT molecular complexity index is 3130. The SMILES string of the molecule is O=C([C@@H]1CCN1S(=O)(=O)c1ccc(N2CC[C@H](O)C2)c(-c2cc3cc(-c4ccc5[nH]c(-c6cc(S(=O)(=O)N7CCC7)ccc6N6CC[C@H](O)C6)cc5c4)ccc3[nH]2)c1)N1C[C@H]2C[C@@H]1CO2. The summed E-state index contributed by atoms with van der Waals surface area (Å²) in [6, 6.07) is 26.2. The van der Waals surface area contributed by atoms with Gasteiger partial charge in [-0.2, -0.15) is 8.61 Å². The monoisotopic (exact) mass is 917 g/mol. The second kappa shape index (κ2) is 15.4. The van der Waals surface area contributed by atoms with Crippen LogP contribution in [0.1, 0.15) is 32.1 Å². The Morgan fingerprint density at radius 2 is 1.20 bits per heavy atom. The first-order chi connectivity index (χ1) is 31.4. The summed E-state index contributed by atoms with van der Waals surface area (Å²) in [5.41, 5.74) is 8.41. The molecule has 2 bridgehead atoms. The van der Waals surface area contributed by atoms with Crippen molar-refractivity contribution in [2.75, 3.05) is 68.8 Å². The van der Waals surface area contributed by atoms with Crippen LogP contribution in [0.5, 0.6) is 0 Å². The van der Waals surface area contributed by atoms with Gasteiger partial charge in [0.2, 0.25) is 26.0 Å². The van der Waals surface area contributed by atoms with E-state index in [-0.39, 0.29) is 34.4 Å². The fraction of sp³-hybridized carbons (Fsp3) is 0.396. The van der Waals surface area contributed by atoms with Gasteiger partial charge in [-0.3, -0.25) is 4.79 Å². The van der Waals surface area contributed by atoms with Gasteiger partial charge in [-0.15, -0.1) is 0 Å². The minimum atomic E-state index is -4.02. The number of rotatable bonds is 10. The normalized spacial score (nSPS) is 25.0. The smallest absolute Gasteiger partial charge is 0.243 e. The number of carbonyl (C=O) groups is 1. The van der Waals surface area contributed by atoms with Gasteiger partial charge in [0, 0.05) is 108 Å². The Balaban J connectivity index is 0.866. The van der Waals surface area contributed by atoms with Crippen LogP contribution >= 0.6 is 0 Å². The van der Waals surface area contributed by atoms with Crippen molar-refractivity contribution >= 4 is 59.1 Å². The van der Waals surface area contributed by atoms with E-state index in [1.807, 2.05) is 35.2 Å². The highest BCUT2D eigenvalue weighted by molar-refractivity contribution is 7.89. The molecule has 0 radical (unpaired) electrons. The molecule has 4 aromatic carbocycles. The van der Waals surface area contributed by atoms with Gasteiger partial charge in [0.05, 0.1) is 40.8 Å². The molecule has 2 aromatic heterocycles. The van der Waals surface area contributed by atoms with Crippen molar-refractivity contribution in [2.45, 2.75) is 72.3 Å². The zero-order valence-corrected chi connectivity index (χ0v) is 37.4. The molecule has 0 unspecified atom stereocenters. The molecule has 12 rings (SSSR count). The van der Waals surface area contributed by atoms with Gasteiger partial charge in [-0.05, 0) is 116 Å². The van der Waals surface area contributed by atoms with Crippen LogP contribution in [0.4, 0.5) is 11.4 Å². The number of hydrogen-bond acceptors (Lipinski definition) is 10. The van der Waals surface area contributed by atoms with Crippen molar-refractivity contribution in [1.29, 1.82) is 0 Å². The number of aromatic amines is 2. The van der Waals surface area contributed by atoms with Crippen LogP contribution in [0, 0.1) is 0 Å². The van der Waals surface area contributed by atoms with Crippen molar-refractivity contribution in [2.24, 2.45) is 0 Å². The number of anilines is 2. The van der Waals surface area contributed by atoms with E-state index in [1.54, 1.807) is 24.3 Å². The molecule has 6 saturated heterocycles. The lowest BCUT2D eigenvalue weighted by molar-refractivity contribution is -0.142. The molecule has 0 saturated carbocycles. The van der Waals surface area contributed by atoms with Crippen molar-refractivity contribution in [3.05, 3.63) is 84.9 Å². The van der Waals surface area contributed by atoms with Gasteiger partial charge < -0.3 is 39.6 Å². The maximum atomic E-state index is 14.3. The molecule has 65 heavy (non-hydrogen) atoms. The average Bonchev–Trinajstić information content (AvgIpc) is 4.13. The van der Waals surface area contributed by atoms with Crippen molar-refractivity contribution in [3.63, 3.8) is 0 Å². The molecule has 4 N–H and O–H groups in total. The van der Waals surface area contributed by atoms with E-state index in [4.69, 9.17) is 4.74 Å². The lowest BCUT2D eigenvalue weighted by Crippen LogP contribution is -2.60. The van der Waals surface area contributed by atoms with E-state index < -0.39 is 38.3 Å². The van der Waals surface area contributed by atoms with E-state index in [2.05, 4.69) is 50.1 Å². The minimum Gasteiger partial charge on any atom is -0.391 e. The highest BCUT2D eigenvalue weighted by Crippen LogP contribution is 2.41. The first kappa shape index (κ1) is 41.2. The fourth-order valence-electron chi connectivity index (χ4n) is 10.7. The van der Waals surface area contributed by atoms with Gasteiger partial charge in [-0.25, -0.2) is 16.8 Å². The summed E-state index contributed by atoms with van der Waals surface area (Å²) < 4.78 is 64.2. The average molecular weight is 918 g/mol. The third-order valence-corrected chi connectivity index (χ3v) is 18.4. The van der Waals surface area contributed by atoms with E-state index in [0.29, 0.717) is 77.2 Å². The Morgan fingerprint density at radius 1 is 0.631 bits per heavy atom. The third kappa shape index (κ3) is 6.97. The van der Waals surface area contributed by atoms with Gasteiger partial charge in [-0.1, -0.05) is 12.1 Å². The molecule has 6 aliphatic heterocycles. The summed E-state index contributed by atoms with van der Waals surface area (Å²) in [6.07, 6.45) is 2.50. The van der Waals surface area contributed by atoms with E-state index in [0.717, 1.165) is 74.1 Å². The predicted octanol–water partition coefficient (Wildman–Crippen LogP) is 4.95. The number of hydrogen-bond donors (Lipinski definition) is 4. The Morgan fingerprint density at radius 3 is 1.65 bits per heavy atom. The molecule has 338 valence electrons. The second-order valence-corrected chi connectivity index (χ2v) is 22.4. The summed E-state index contributed by atoms with van der Waals surface area (Å²) in [5.74, 6) is -0.144. The summed E-state index contributed by atoms with van der Waals surface area (Å²) in [5, 5.41) is 22.8. The van der Waals surface area contributed by atoms with Crippen LogP contribution in [0.15, 0.2) is 94.7 Å². The summed E-state index contributed by atoms with van der Waals surface area (Å²) >= 11 is 0. The molecule has 6 fully saturated rings. The number of carbonyl (C=O) groups excluding carboxylic acids is 1. The second-order valence-electron chi connectivity index (χ2n) is 18.6. The highest BCUT2D eigenvalue weighted by atomic mass is 32.2. The molecule has 17 heteroatoms. The van der Waals surface area contributed by atoms with Crippen LogP contribution in [-0.2, 0) is 29.6 Å². The Kier molecular flexibility index (Phi) is 9.76. The number of morpholine rings is 1. The maximum Gasteiger partial charge on any atom is 0.243 e. The van der Waals surface area contributed by atoms with Gasteiger partial charge >= 0.3 is 0 Å². The molecule has 8 heterocycles. The standard InChI is InChI=1S/C48H51N7O8S2/c56-34-10-15-51(25-34)45-8-4-37(64(59,60)53-13-1-14-53)23-39(45)43-20-31-18-29(2-6-41(31)49-43)30-3-7-42-32(19-30)21-44(50-42)40-24-38(5-9-46(40)52-16-11-35(57)26-52)65(61,62)55-17-12-47(55)48(58)54-27-36-22-33(54)28-63-36/h2-9,18-21,23-24,33-36,47,49-50,56-57H,1,10-17,22,25-28H2/t33-,34+,35+,36-,47+/m1/s1. The molecule has 6 aromatic rings. The number of nitrogens with zero attached hydrogens (tertiary/aromatic N) is 5. The van der Waals surface area contributed by atoms with Gasteiger partial charge in [0.15, 0.2) is 0 Å². The van der Waals surface area contributed by atoms with Crippen LogP contribution in [0.25, 0.3) is 55.4 Å². The van der Waals surface area contributed by atoms with Crippen molar-refractivity contribution < 1.29 is 36.6 Å². The number of ether oxygens (including phenoxy) is 1. The number of aliphatic hydroxyl groups excluding tert-OH is 2. The minimum absolute atomic E-state index is 0.00874. The molecule has 1 amide bonds. The van der Waals surface area contributed by atoms with E-state index >= 15 is 0 Å². The quantitative estimate of drug-likeness (QED) is 0.147. The van der Waals surface area contributed by atoms with Crippen LogP contribution in [0.3, 0.4) is 0 Å². The van der Waals surface area contributed by atoms with Crippen LogP contribution in [-0.4, -0.2) is 146 Å². The predicted molar refractivity (Wildman–Crippen MR) is 248 cm³/mol. The van der Waals surface area contributed by atoms with Crippen molar-refractivity contribution in [3.8, 4) is 33.6 Å². The Labute approximate surface area is 377 Å². The number of nitrogens with one attached hydrogen (secondary N) is 2. The van der Waals surface area contributed by atoms with E-state index in [9.17, 15) is 31.8 Å². The number of fused-ring (bicyclic) bond motifs is 4.